The second-order valence-electron chi connectivity index (χ2n) is 5.33. The third-order valence-corrected chi connectivity index (χ3v) is 3.98. The first-order chi connectivity index (χ1) is 10.1. The highest BCUT2D eigenvalue weighted by molar-refractivity contribution is 5.88. The molecule has 21 heavy (non-hydrogen) atoms. The van der Waals surface area contributed by atoms with E-state index >= 15 is 0 Å². The van der Waals surface area contributed by atoms with Crippen molar-refractivity contribution in [2.24, 2.45) is 0 Å². The minimum atomic E-state index is -0.101. The molecule has 0 saturated carbocycles. The lowest BCUT2D eigenvalue weighted by atomic mass is 9.97. The van der Waals surface area contributed by atoms with E-state index in [2.05, 4.69) is 0 Å². The summed E-state index contributed by atoms with van der Waals surface area (Å²) >= 11 is 0. The Morgan fingerprint density at radius 3 is 2.38 bits per heavy atom. The van der Waals surface area contributed by atoms with Crippen LogP contribution in [0.25, 0.3) is 16.5 Å². The van der Waals surface area contributed by atoms with Crippen molar-refractivity contribution in [1.82, 2.24) is 4.57 Å². The van der Waals surface area contributed by atoms with Gasteiger partial charge in [0.2, 0.25) is 5.88 Å². The van der Waals surface area contributed by atoms with Gasteiger partial charge in [-0.25, -0.2) is 0 Å². The van der Waals surface area contributed by atoms with Crippen LogP contribution >= 0.6 is 0 Å². The molecular weight excluding hydrogens is 262 g/mol. The fourth-order valence-corrected chi connectivity index (χ4v) is 2.50. The Labute approximate surface area is 123 Å². The third-order valence-electron chi connectivity index (χ3n) is 3.98. The molecule has 0 aliphatic heterocycles. The minimum absolute atomic E-state index is 0.101. The largest absolute Gasteiger partial charge is 0.494 e. The number of aromatic hydroxyl groups is 1. The predicted molar refractivity (Wildman–Crippen MR) is 84.0 cm³/mol. The quantitative estimate of drug-likeness (QED) is 0.786. The van der Waals surface area contributed by atoms with Crippen LogP contribution in [0.5, 0.6) is 5.88 Å². The van der Waals surface area contributed by atoms with Crippen LogP contribution in [-0.2, 0) is 4.79 Å². The molecule has 1 heterocycles. The summed E-state index contributed by atoms with van der Waals surface area (Å²) in [5.41, 5.74) is 1.87. The van der Waals surface area contributed by atoms with Crippen LogP contribution in [0, 0.1) is 0 Å². The van der Waals surface area contributed by atoms with Gasteiger partial charge in [0.25, 0.3) is 0 Å². The minimum Gasteiger partial charge on any atom is -0.494 e. The average molecular weight is 279 g/mol. The van der Waals surface area contributed by atoms with Crippen LogP contribution in [0.3, 0.4) is 0 Å². The second-order valence-corrected chi connectivity index (χ2v) is 5.33. The summed E-state index contributed by atoms with van der Waals surface area (Å²) in [5, 5.41) is 12.1. The lowest BCUT2D eigenvalue weighted by molar-refractivity contribution is -0.118. The lowest BCUT2D eigenvalue weighted by Gasteiger charge is -2.10. The van der Waals surface area contributed by atoms with Crippen molar-refractivity contribution in [2.75, 3.05) is 0 Å². The fourth-order valence-electron chi connectivity index (χ4n) is 2.50. The molecule has 2 aromatic carbocycles. The van der Waals surface area contributed by atoms with E-state index < -0.39 is 0 Å². The maximum absolute atomic E-state index is 11.4. The van der Waals surface area contributed by atoms with E-state index in [1.54, 1.807) is 11.5 Å². The van der Waals surface area contributed by atoms with E-state index in [4.69, 9.17) is 0 Å². The number of hydrogen-bond donors (Lipinski definition) is 1. The summed E-state index contributed by atoms with van der Waals surface area (Å²) < 4.78 is 1.76. The monoisotopic (exact) mass is 279 g/mol. The molecule has 106 valence electrons. The molecule has 3 rings (SSSR count). The van der Waals surface area contributed by atoms with Gasteiger partial charge in [-0.1, -0.05) is 37.3 Å². The number of benzene rings is 2. The van der Waals surface area contributed by atoms with Gasteiger partial charge in [-0.3, -0.25) is 9.36 Å². The van der Waals surface area contributed by atoms with E-state index in [1.165, 1.54) is 0 Å². The van der Waals surface area contributed by atoms with Gasteiger partial charge < -0.3 is 5.11 Å². The highest BCUT2D eigenvalue weighted by Gasteiger charge is 2.12. The van der Waals surface area contributed by atoms with Crippen molar-refractivity contribution in [3.63, 3.8) is 0 Å². The number of carbonyl (C=O) groups is 1. The first-order valence-corrected chi connectivity index (χ1v) is 6.98. The normalized spacial score (nSPS) is 12.5. The highest BCUT2D eigenvalue weighted by atomic mass is 16.3. The SMILES string of the molecule is CC(=O)C(C)c1ccc(-n2cc3ccccc3c2O)cc1. The Kier molecular flexibility index (Phi) is 3.26. The maximum atomic E-state index is 11.4. The number of carbonyl (C=O) groups excluding carboxylic acids is 1. The predicted octanol–water partition coefficient (Wildman–Crippen LogP) is 4.03. The molecular formula is C18H17NO2. The van der Waals surface area contributed by atoms with Gasteiger partial charge in [0.15, 0.2) is 0 Å². The molecule has 0 spiro atoms. The molecule has 0 bridgehead atoms. The van der Waals surface area contributed by atoms with Gasteiger partial charge >= 0.3 is 0 Å². The molecule has 1 unspecified atom stereocenters. The molecule has 0 radical (unpaired) electrons. The molecule has 0 aliphatic carbocycles. The summed E-state index contributed by atoms with van der Waals surface area (Å²) in [5.74, 6) is 0.284. The highest BCUT2D eigenvalue weighted by Crippen LogP contribution is 2.30. The zero-order valence-electron chi connectivity index (χ0n) is 12.1. The van der Waals surface area contributed by atoms with Crippen molar-refractivity contribution in [1.29, 1.82) is 0 Å². The Balaban J connectivity index is 2.03. The van der Waals surface area contributed by atoms with Gasteiger partial charge in [-0.05, 0) is 30.7 Å². The summed E-state index contributed by atoms with van der Waals surface area (Å²) in [7, 11) is 0. The zero-order valence-corrected chi connectivity index (χ0v) is 12.1. The Bertz CT molecular complexity index is 800. The molecule has 0 fully saturated rings. The van der Waals surface area contributed by atoms with Gasteiger partial charge in [0.05, 0.1) is 0 Å². The van der Waals surface area contributed by atoms with Crippen molar-refractivity contribution in [3.8, 4) is 11.6 Å². The summed E-state index contributed by atoms with van der Waals surface area (Å²) in [6.45, 7) is 3.50. The van der Waals surface area contributed by atoms with Gasteiger partial charge in [-0.2, -0.15) is 0 Å². The first kappa shape index (κ1) is 13.4. The maximum Gasteiger partial charge on any atom is 0.203 e. The molecule has 3 nitrogen and oxygen atoms in total. The molecule has 1 atom stereocenters. The third kappa shape index (κ3) is 2.31. The van der Waals surface area contributed by atoms with E-state index in [-0.39, 0.29) is 17.6 Å². The molecule has 0 aliphatic rings. The second kappa shape index (κ2) is 5.09. The van der Waals surface area contributed by atoms with E-state index in [9.17, 15) is 9.90 Å². The number of rotatable bonds is 3. The van der Waals surface area contributed by atoms with E-state index in [0.717, 1.165) is 22.0 Å². The van der Waals surface area contributed by atoms with Gasteiger partial charge in [0, 0.05) is 28.6 Å². The fraction of sp³-hybridized carbons (Fsp3) is 0.167. The molecule has 1 aromatic heterocycles. The average Bonchev–Trinajstić information content (AvgIpc) is 2.84. The van der Waals surface area contributed by atoms with E-state index in [1.807, 2.05) is 61.7 Å². The van der Waals surface area contributed by atoms with Crippen LogP contribution in [0.4, 0.5) is 0 Å². The van der Waals surface area contributed by atoms with Crippen LogP contribution in [0.15, 0.2) is 54.7 Å². The number of nitrogens with zero attached hydrogens (tertiary/aromatic N) is 1. The van der Waals surface area contributed by atoms with Gasteiger partial charge in [0.1, 0.15) is 5.78 Å². The standard InChI is InChI=1S/C18H17NO2/c1-12(13(2)20)14-7-9-16(10-8-14)19-11-15-5-3-4-6-17(15)18(19)21/h3-12,21H,1-2H3. The number of Topliss-reactive ketones (excluding diaryl/α,β-unsaturated/α-hetero) is 1. The number of fused-ring (bicyclic) bond motifs is 1. The number of hydrogen-bond acceptors (Lipinski definition) is 2. The first-order valence-electron chi connectivity index (χ1n) is 6.98. The van der Waals surface area contributed by atoms with E-state index in [0.29, 0.717) is 0 Å². The molecule has 3 heteroatoms. The Hall–Kier alpha value is -2.55. The van der Waals surface area contributed by atoms with Crippen molar-refractivity contribution in [3.05, 3.63) is 60.3 Å². The molecule has 3 aromatic rings. The summed E-state index contributed by atoms with van der Waals surface area (Å²) in [6, 6.07) is 15.4. The van der Waals surface area contributed by atoms with Crippen molar-refractivity contribution in [2.45, 2.75) is 19.8 Å². The van der Waals surface area contributed by atoms with Crippen LogP contribution in [0.1, 0.15) is 25.3 Å². The number of ketones is 1. The van der Waals surface area contributed by atoms with Crippen LogP contribution < -0.4 is 0 Å². The van der Waals surface area contributed by atoms with Crippen molar-refractivity contribution >= 4 is 16.6 Å². The molecule has 0 amide bonds. The summed E-state index contributed by atoms with van der Waals surface area (Å²) in [4.78, 5) is 11.4. The topological polar surface area (TPSA) is 42.2 Å². The van der Waals surface area contributed by atoms with Gasteiger partial charge in [-0.15, -0.1) is 0 Å². The van der Waals surface area contributed by atoms with Crippen molar-refractivity contribution < 1.29 is 9.90 Å². The smallest absolute Gasteiger partial charge is 0.203 e. The number of aromatic nitrogens is 1. The summed E-state index contributed by atoms with van der Waals surface area (Å²) in [6.07, 6.45) is 1.91. The Morgan fingerprint density at radius 1 is 1.10 bits per heavy atom. The van der Waals surface area contributed by atoms with Crippen LogP contribution in [0.2, 0.25) is 0 Å². The molecule has 0 saturated heterocycles. The lowest BCUT2D eigenvalue weighted by Crippen LogP contribution is -2.04. The zero-order chi connectivity index (χ0) is 15.0. The molecule has 1 N–H and O–H groups in total. The Morgan fingerprint density at radius 2 is 1.76 bits per heavy atom. The van der Waals surface area contributed by atoms with Crippen LogP contribution in [-0.4, -0.2) is 15.5 Å².